The molecule has 1 N–H and O–H groups in total. The van der Waals surface area contributed by atoms with E-state index in [2.05, 4.69) is 36.5 Å². The third kappa shape index (κ3) is 4.88. The fourth-order valence-corrected chi connectivity index (χ4v) is 3.78. The van der Waals surface area contributed by atoms with Gasteiger partial charge in [-0.25, -0.2) is 4.98 Å². The predicted molar refractivity (Wildman–Crippen MR) is 83.7 cm³/mol. The molecule has 2 nitrogen and oxygen atoms in total. The lowest BCUT2D eigenvalue weighted by Crippen LogP contribution is -2.33. The van der Waals surface area contributed by atoms with E-state index < -0.39 is 0 Å². The third-order valence-electron chi connectivity index (χ3n) is 4.16. The summed E-state index contributed by atoms with van der Waals surface area (Å²) in [5, 5.41) is 7.12. The molecule has 1 aliphatic rings. The Kier molecular flexibility index (Phi) is 5.83. The highest BCUT2D eigenvalue weighted by Crippen LogP contribution is 2.32. The zero-order chi connectivity index (χ0) is 13.7. The van der Waals surface area contributed by atoms with Crippen LogP contribution >= 0.6 is 11.3 Å². The van der Waals surface area contributed by atoms with E-state index in [0.717, 1.165) is 24.3 Å². The van der Waals surface area contributed by atoms with E-state index in [4.69, 9.17) is 0 Å². The molecule has 0 spiro atoms. The van der Waals surface area contributed by atoms with Crippen molar-refractivity contribution < 1.29 is 0 Å². The molecule has 0 aromatic carbocycles. The molecule has 0 radical (unpaired) electrons. The van der Waals surface area contributed by atoms with Gasteiger partial charge in [-0.2, -0.15) is 0 Å². The number of nitrogens with zero attached hydrogens (tertiary/aromatic N) is 1. The van der Waals surface area contributed by atoms with Crippen LogP contribution in [0.2, 0.25) is 0 Å². The molecule has 2 atom stereocenters. The van der Waals surface area contributed by atoms with Gasteiger partial charge in [0.15, 0.2) is 0 Å². The summed E-state index contributed by atoms with van der Waals surface area (Å²) in [4.78, 5) is 4.65. The van der Waals surface area contributed by atoms with E-state index in [9.17, 15) is 0 Å². The van der Waals surface area contributed by atoms with Gasteiger partial charge in [0.05, 0.1) is 10.7 Å². The van der Waals surface area contributed by atoms with Crippen molar-refractivity contribution in [3.05, 3.63) is 16.1 Å². The van der Waals surface area contributed by atoms with E-state index >= 15 is 0 Å². The fraction of sp³-hybridized carbons (Fsp3) is 0.812. The van der Waals surface area contributed by atoms with Crippen molar-refractivity contribution in [2.24, 2.45) is 17.8 Å². The number of rotatable bonds is 6. The molecule has 1 fully saturated rings. The summed E-state index contributed by atoms with van der Waals surface area (Å²) < 4.78 is 0. The average Bonchev–Trinajstić information content (AvgIpc) is 2.77. The first-order valence-electron chi connectivity index (χ1n) is 7.77. The van der Waals surface area contributed by atoms with E-state index in [1.807, 2.05) is 0 Å². The van der Waals surface area contributed by atoms with E-state index in [1.54, 1.807) is 11.3 Å². The molecular formula is C16H28N2S. The first-order chi connectivity index (χ1) is 9.15. The molecule has 1 saturated carbocycles. The molecule has 19 heavy (non-hydrogen) atoms. The van der Waals surface area contributed by atoms with Crippen molar-refractivity contribution >= 4 is 11.3 Å². The van der Waals surface area contributed by atoms with Crippen molar-refractivity contribution in [2.45, 2.75) is 52.9 Å². The molecule has 1 heterocycles. The third-order valence-corrected chi connectivity index (χ3v) is 4.99. The zero-order valence-corrected chi connectivity index (χ0v) is 13.4. The summed E-state index contributed by atoms with van der Waals surface area (Å²) in [6.07, 6.45) is 6.82. The van der Waals surface area contributed by atoms with Crippen LogP contribution in [0.3, 0.4) is 0 Å². The van der Waals surface area contributed by atoms with Gasteiger partial charge in [-0.3, -0.25) is 0 Å². The number of hydrogen-bond acceptors (Lipinski definition) is 3. The lowest BCUT2D eigenvalue weighted by molar-refractivity contribution is 0.225. The van der Waals surface area contributed by atoms with Crippen LogP contribution in [-0.4, -0.2) is 18.1 Å². The van der Waals surface area contributed by atoms with E-state index in [0.29, 0.717) is 0 Å². The largest absolute Gasteiger partial charge is 0.316 e. The van der Waals surface area contributed by atoms with Crippen LogP contribution < -0.4 is 5.32 Å². The zero-order valence-electron chi connectivity index (χ0n) is 12.6. The Morgan fingerprint density at radius 1 is 1.32 bits per heavy atom. The Bertz CT molecular complexity index is 373. The van der Waals surface area contributed by atoms with Gasteiger partial charge >= 0.3 is 0 Å². The summed E-state index contributed by atoms with van der Waals surface area (Å²) in [5.74, 6) is 2.45. The van der Waals surface area contributed by atoms with Gasteiger partial charge in [0.25, 0.3) is 0 Å². The Labute approximate surface area is 122 Å². The molecule has 2 unspecified atom stereocenters. The van der Waals surface area contributed by atoms with Crippen molar-refractivity contribution in [2.75, 3.05) is 13.1 Å². The van der Waals surface area contributed by atoms with Crippen LogP contribution in [0.5, 0.6) is 0 Å². The van der Waals surface area contributed by atoms with Gasteiger partial charge in [0, 0.05) is 5.38 Å². The van der Waals surface area contributed by atoms with Crippen LogP contribution in [0.4, 0.5) is 0 Å². The number of thiazole rings is 1. The monoisotopic (exact) mass is 280 g/mol. The highest BCUT2D eigenvalue weighted by Gasteiger charge is 2.25. The van der Waals surface area contributed by atoms with E-state index in [1.165, 1.54) is 49.4 Å². The Hall–Kier alpha value is -0.410. The van der Waals surface area contributed by atoms with Gasteiger partial charge in [-0.05, 0) is 57.0 Å². The van der Waals surface area contributed by atoms with Crippen LogP contribution in [0.15, 0.2) is 5.38 Å². The van der Waals surface area contributed by atoms with Gasteiger partial charge in [0.2, 0.25) is 0 Å². The smallest absolute Gasteiger partial charge is 0.0897 e. The second kappa shape index (κ2) is 7.39. The highest BCUT2D eigenvalue weighted by atomic mass is 32.1. The minimum atomic E-state index is 0.753. The summed E-state index contributed by atoms with van der Waals surface area (Å²) in [6.45, 7) is 9.02. The summed E-state index contributed by atoms with van der Waals surface area (Å²) >= 11 is 1.79. The number of aryl methyl sites for hydroxylation is 1. The van der Waals surface area contributed by atoms with Crippen molar-refractivity contribution in [3.63, 3.8) is 0 Å². The molecular weight excluding hydrogens is 252 g/mol. The van der Waals surface area contributed by atoms with Crippen molar-refractivity contribution in [1.29, 1.82) is 0 Å². The van der Waals surface area contributed by atoms with Crippen LogP contribution in [0.25, 0.3) is 0 Å². The van der Waals surface area contributed by atoms with E-state index in [-0.39, 0.29) is 0 Å². The first-order valence-corrected chi connectivity index (χ1v) is 8.65. The average molecular weight is 280 g/mol. The quantitative estimate of drug-likeness (QED) is 0.850. The molecule has 1 aliphatic carbocycles. The van der Waals surface area contributed by atoms with Crippen molar-refractivity contribution in [1.82, 2.24) is 10.3 Å². The molecule has 0 aliphatic heterocycles. The van der Waals surface area contributed by atoms with Gasteiger partial charge in [-0.1, -0.05) is 26.7 Å². The van der Waals surface area contributed by atoms with Crippen LogP contribution in [-0.2, 0) is 6.42 Å². The van der Waals surface area contributed by atoms with Crippen LogP contribution in [0, 0.1) is 24.7 Å². The van der Waals surface area contributed by atoms with Gasteiger partial charge < -0.3 is 5.32 Å². The lowest BCUT2D eigenvalue weighted by atomic mass is 9.77. The SMILES string of the molecule is Cc1nc(CC2CCCCC2CNCC(C)C)cs1. The first kappa shape index (κ1) is 15.0. The lowest BCUT2D eigenvalue weighted by Gasteiger charge is -2.31. The Morgan fingerprint density at radius 3 is 2.68 bits per heavy atom. The van der Waals surface area contributed by atoms with Crippen LogP contribution in [0.1, 0.15) is 50.2 Å². The molecule has 1 aromatic heterocycles. The molecule has 0 bridgehead atoms. The highest BCUT2D eigenvalue weighted by molar-refractivity contribution is 7.09. The summed E-state index contributed by atoms with van der Waals surface area (Å²) in [6, 6.07) is 0. The van der Waals surface area contributed by atoms with Gasteiger partial charge in [-0.15, -0.1) is 11.3 Å². The number of hydrogen-bond donors (Lipinski definition) is 1. The fourth-order valence-electron chi connectivity index (χ4n) is 3.15. The molecule has 3 heteroatoms. The minimum Gasteiger partial charge on any atom is -0.316 e. The Morgan fingerprint density at radius 2 is 2.05 bits per heavy atom. The maximum atomic E-state index is 4.65. The summed E-state index contributed by atoms with van der Waals surface area (Å²) in [7, 11) is 0. The molecule has 0 saturated heterocycles. The molecule has 2 rings (SSSR count). The maximum absolute atomic E-state index is 4.65. The topological polar surface area (TPSA) is 24.9 Å². The molecule has 0 amide bonds. The normalized spacial score (nSPS) is 24.0. The van der Waals surface area contributed by atoms with Crippen molar-refractivity contribution in [3.8, 4) is 0 Å². The minimum absolute atomic E-state index is 0.753. The molecule has 1 aromatic rings. The second-order valence-corrected chi connectivity index (χ2v) is 7.48. The maximum Gasteiger partial charge on any atom is 0.0897 e. The molecule has 108 valence electrons. The standard InChI is InChI=1S/C16H28N2S/c1-12(2)9-17-10-15-7-5-4-6-14(15)8-16-11-19-13(3)18-16/h11-12,14-15,17H,4-10H2,1-3H3. The number of aromatic nitrogens is 1. The summed E-state index contributed by atoms with van der Waals surface area (Å²) in [5.41, 5.74) is 1.32. The number of nitrogens with one attached hydrogen (secondary N) is 1. The predicted octanol–water partition coefficient (Wildman–Crippen LogP) is 4.05. The van der Waals surface area contributed by atoms with Gasteiger partial charge in [0.1, 0.15) is 0 Å². The second-order valence-electron chi connectivity index (χ2n) is 6.42. The Balaban J connectivity index is 1.84.